The van der Waals surface area contributed by atoms with Crippen molar-refractivity contribution in [1.29, 1.82) is 0 Å². The maximum Gasteiger partial charge on any atom is 0.271 e. The fourth-order valence-electron chi connectivity index (χ4n) is 2.13. The Morgan fingerprint density at radius 3 is 2.75 bits per heavy atom. The van der Waals surface area contributed by atoms with E-state index in [0.717, 1.165) is 11.1 Å². The average Bonchev–Trinajstić information content (AvgIpc) is 2.80. The third kappa shape index (κ3) is 2.12. The molecule has 20 heavy (non-hydrogen) atoms. The third-order valence-corrected chi connectivity index (χ3v) is 3.35. The molecule has 0 radical (unpaired) electrons. The summed E-state index contributed by atoms with van der Waals surface area (Å²) in [6.07, 6.45) is 0. The van der Waals surface area contributed by atoms with Gasteiger partial charge in [-0.25, -0.2) is 4.98 Å². The first-order chi connectivity index (χ1) is 9.54. The van der Waals surface area contributed by atoms with Gasteiger partial charge in [-0.05, 0) is 36.8 Å². The van der Waals surface area contributed by atoms with Gasteiger partial charge in [0, 0.05) is 22.7 Å². The lowest BCUT2D eigenvalue weighted by Gasteiger charge is -2.02. The van der Waals surface area contributed by atoms with E-state index < -0.39 is 4.92 Å². The zero-order chi connectivity index (χ0) is 14.3. The quantitative estimate of drug-likeness (QED) is 0.570. The van der Waals surface area contributed by atoms with Crippen LogP contribution in [0.3, 0.4) is 0 Å². The normalized spacial score (nSPS) is 10.9. The minimum atomic E-state index is -0.423. The number of nitrogens with zero attached hydrogens (tertiary/aromatic N) is 2. The molecule has 0 saturated heterocycles. The number of aryl methyl sites for hydroxylation is 1. The van der Waals surface area contributed by atoms with Crippen LogP contribution >= 0.6 is 11.6 Å². The fourth-order valence-corrected chi connectivity index (χ4v) is 2.36. The second-order valence-corrected chi connectivity index (χ2v) is 4.94. The van der Waals surface area contributed by atoms with Gasteiger partial charge < -0.3 is 4.98 Å². The molecule has 6 heteroatoms. The van der Waals surface area contributed by atoms with Crippen LogP contribution in [0, 0.1) is 17.0 Å². The molecule has 0 spiro atoms. The number of H-pyrrole nitrogens is 1. The lowest BCUT2D eigenvalue weighted by molar-refractivity contribution is -0.384. The monoisotopic (exact) mass is 287 g/mol. The van der Waals surface area contributed by atoms with Crippen LogP contribution in [-0.2, 0) is 0 Å². The second kappa shape index (κ2) is 4.61. The van der Waals surface area contributed by atoms with Crippen molar-refractivity contribution in [3.63, 3.8) is 0 Å². The number of nitro groups is 1. The predicted octanol–water partition coefficient (Wildman–Crippen LogP) is 4.10. The van der Waals surface area contributed by atoms with Gasteiger partial charge in [0.15, 0.2) is 0 Å². The Labute approximate surface area is 119 Å². The van der Waals surface area contributed by atoms with Crippen molar-refractivity contribution in [2.75, 3.05) is 0 Å². The number of non-ortho nitro benzene ring substituents is 1. The Hall–Kier alpha value is -2.40. The maximum absolute atomic E-state index is 10.8. The highest BCUT2D eigenvalue weighted by Gasteiger charge is 2.11. The minimum Gasteiger partial charge on any atom is -0.338 e. The maximum atomic E-state index is 10.8. The van der Waals surface area contributed by atoms with E-state index in [1.807, 2.05) is 19.1 Å². The van der Waals surface area contributed by atoms with Crippen molar-refractivity contribution in [1.82, 2.24) is 9.97 Å². The number of aromatic nitrogens is 2. The molecule has 0 atom stereocenters. The number of halogens is 1. The summed E-state index contributed by atoms with van der Waals surface area (Å²) in [5, 5.41) is 11.4. The molecule has 100 valence electrons. The summed E-state index contributed by atoms with van der Waals surface area (Å²) in [7, 11) is 0. The van der Waals surface area contributed by atoms with Gasteiger partial charge in [-0.2, -0.15) is 0 Å². The van der Waals surface area contributed by atoms with Crippen LogP contribution < -0.4 is 0 Å². The predicted molar refractivity (Wildman–Crippen MR) is 77.9 cm³/mol. The van der Waals surface area contributed by atoms with E-state index in [-0.39, 0.29) is 5.69 Å². The molecular formula is C14H10ClN3O2. The van der Waals surface area contributed by atoms with Crippen molar-refractivity contribution in [2.24, 2.45) is 0 Å². The van der Waals surface area contributed by atoms with Crippen LogP contribution in [-0.4, -0.2) is 14.9 Å². The summed E-state index contributed by atoms with van der Waals surface area (Å²) in [5.74, 6) is 0.676. The highest BCUT2D eigenvalue weighted by atomic mass is 35.5. The summed E-state index contributed by atoms with van der Waals surface area (Å²) in [6.45, 7) is 1.94. The van der Waals surface area contributed by atoms with E-state index in [0.29, 0.717) is 21.9 Å². The lowest BCUT2D eigenvalue weighted by atomic mass is 10.1. The topological polar surface area (TPSA) is 71.8 Å². The molecule has 5 nitrogen and oxygen atoms in total. The molecule has 1 N–H and O–H groups in total. The molecule has 0 bridgehead atoms. The van der Waals surface area contributed by atoms with Gasteiger partial charge in [0.05, 0.1) is 16.0 Å². The average molecular weight is 288 g/mol. The molecule has 1 heterocycles. The van der Waals surface area contributed by atoms with Crippen molar-refractivity contribution < 1.29 is 4.92 Å². The van der Waals surface area contributed by atoms with Gasteiger partial charge in [-0.15, -0.1) is 0 Å². The van der Waals surface area contributed by atoms with Gasteiger partial charge in [0.1, 0.15) is 5.82 Å². The highest BCUT2D eigenvalue weighted by molar-refractivity contribution is 6.30. The van der Waals surface area contributed by atoms with E-state index >= 15 is 0 Å². The van der Waals surface area contributed by atoms with Crippen molar-refractivity contribution in [2.45, 2.75) is 6.92 Å². The third-order valence-electron chi connectivity index (χ3n) is 3.12. The molecule has 0 aliphatic rings. The first-order valence-corrected chi connectivity index (χ1v) is 6.33. The van der Waals surface area contributed by atoms with E-state index in [4.69, 9.17) is 11.6 Å². The summed E-state index contributed by atoms with van der Waals surface area (Å²) in [5.41, 5.74) is 3.29. The van der Waals surface area contributed by atoms with Crippen LogP contribution in [0.5, 0.6) is 0 Å². The van der Waals surface area contributed by atoms with Crippen LogP contribution in [0.1, 0.15) is 5.56 Å². The van der Waals surface area contributed by atoms with Crippen LogP contribution in [0.4, 0.5) is 5.69 Å². The first kappa shape index (κ1) is 12.6. The number of hydrogen-bond donors (Lipinski definition) is 1. The molecule has 0 aliphatic carbocycles. The van der Waals surface area contributed by atoms with Crippen molar-refractivity contribution in [3.8, 4) is 11.4 Å². The number of fused-ring (bicyclic) bond motifs is 1. The van der Waals surface area contributed by atoms with Crippen LogP contribution in [0.25, 0.3) is 22.4 Å². The molecule has 0 saturated carbocycles. The van der Waals surface area contributed by atoms with Crippen molar-refractivity contribution in [3.05, 3.63) is 57.1 Å². The molecule has 0 fully saturated rings. The Morgan fingerprint density at radius 2 is 2.05 bits per heavy atom. The molecule has 0 amide bonds. The number of nitro benzene ring substituents is 1. The summed E-state index contributed by atoms with van der Waals surface area (Å²) in [4.78, 5) is 17.9. The number of aromatic amines is 1. The van der Waals surface area contributed by atoms with Crippen molar-refractivity contribution >= 4 is 28.3 Å². The smallest absolute Gasteiger partial charge is 0.271 e. The molecule has 3 rings (SSSR count). The van der Waals surface area contributed by atoms with E-state index in [1.54, 1.807) is 12.1 Å². The molecule has 0 unspecified atom stereocenters. The van der Waals surface area contributed by atoms with Crippen LogP contribution in [0.2, 0.25) is 5.02 Å². The Morgan fingerprint density at radius 1 is 1.25 bits per heavy atom. The summed E-state index contributed by atoms with van der Waals surface area (Å²) < 4.78 is 0. The Balaban J connectivity index is 2.15. The Kier molecular flexibility index (Phi) is 2.91. The largest absolute Gasteiger partial charge is 0.338 e. The number of hydrogen-bond acceptors (Lipinski definition) is 3. The molecule has 2 aromatic carbocycles. The number of imidazole rings is 1. The van der Waals surface area contributed by atoms with E-state index in [9.17, 15) is 10.1 Å². The zero-order valence-electron chi connectivity index (χ0n) is 10.6. The number of benzene rings is 2. The lowest BCUT2D eigenvalue weighted by Crippen LogP contribution is -1.86. The van der Waals surface area contributed by atoms with E-state index in [2.05, 4.69) is 9.97 Å². The molecule has 3 aromatic rings. The van der Waals surface area contributed by atoms with Crippen LogP contribution in [0.15, 0.2) is 36.4 Å². The first-order valence-electron chi connectivity index (χ1n) is 5.95. The van der Waals surface area contributed by atoms with Gasteiger partial charge in [0.2, 0.25) is 0 Å². The van der Waals surface area contributed by atoms with Gasteiger partial charge in [-0.1, -0.05) is 11.6 Å². The SMILES string of the molecule is Cc1cc(Cl)ccc1-c1nc2ccc([N+](=O)[O-])cc2[nH]1. The van der Waals surface area contributed by atoms with E-state index in [1.165, 1.54) is 12.1 Å². The number of rotatable bonds is 2. The Bertz CT molecular complexity index is 826. The van der Waals surface area contributed by atoms with Gasteiger partial charge >= 0.3 is 0 Å². The standard InChI is InChI=1S/C14H10ClN3O2/c1-8-6-9(15)2-4-11(8)14-16-12-5-3-10(18(19)20)7-13(12)17-14/h2-7H,1H3,(H,16,17). The fraction of sp³-hybridized carbons (Fsp3) is 0.0714. The van der Waals surface area contributed by atoms with Gasteiger partial charge in [0.25, 0.3) is 5.69 Å². The molecule has 0 aliphatic heterocycles. The minimum absolute atomic E-state index is 0.0422. The van der Waals surface area contributed by atoms with Gasteiger partial charge in [-0.3, -0.25) is 10.1 Å². The summed E-state index contributed by atoms with van der Waals surface area (Å²) >= 11 is 5.93. The summed E-state index contributed by atoms with van der Waals surface area (Å²) in [6, 6.07) is 10.1. The highest BCUT2D eigenvalue weighted by Crippen LogP contribution is 2.27. The second-order valence-electron chi connectivity index (χ2n) is 4.50. The number of nitrogens with one attached hydrogen (secondary N) is 1. The zero-order valence-corrected chi connectivity index (χ0v) is 11.3. The molecule has 1 aromatic heterocycles. The molecular weight excluding hydrogens is 278 g/mol.